The van der Waals surface area contributed by atoms with Gasteiger partial charge in [0.1, 0.15) is 0 Å². The zero-order valence-electron chi connectivity index (χ0n) is 13.8. The van der Waals surface area contributed by atoms with Gasteiger partial charge in [0.25, 0.3) is 0 Å². The van der Waals surface area contributed by atoms with Gasteiger partial charge in [0.2, 0.25) is 0 Å². The standard InChI is InChI=1S/C18H16F2N2O2S/c1-11-8-22(9-12(2)24-11)18-14(10-23)7-13(16(19)17(18)20)3-4-15-21-5-6-25-15/h5-7,10-12H,8-9H2,1-2H3. The normalized spacial score (nSPS) is 20.1. The fourth-order valence-electron chi connectivity index (χ4n) is 2.90. The Morgan fingerprint density at radius 2 is 2.00 bits per heavy atom. The first-order valence-electron chi connectivity index (χ1n) is 7.78. The third kappa shape index (κ3) is 3.70. The number of halogens is 2. The van der Waals surface area contributed by atoms with Gasteiger partial charge in [-0.2, -0.15) is 0 Å². The first-order valence-corrected chi connectivity index (χ1v) is 8.66. The van der Waals surface area contributed by atoms with E-state index in [9.17, 15) is 13.6 Å². The van der Waals surface area contributed by atoms with Crippen LogP contribution in [0.4, 0.5) is 14.5 Å². The Balaban J connectivity index is 2.03. The number of morpholine rings is 1. The van der Waals surface area contributed by atoms with Crippen molar-refractivity contribution >= 4 is 23.3 Å². The molecule has 0 spiro atoms. The number of hydrogen-bond donors (Lipinski definition) is 0. The summed E-state index contributed by atoms with van der Waals surface area (Å²) in [5.41, 5.74) is -0.120. The molecule has 1 aromatic heterocycles. The second-order valence-electron chi connectivity index (χ2n) is 5.86. The molecule has 1 aromatic carbocycles. The van der Waals surface area contributed by atoms with Crippen LogP contribution in [-0.2, 0) is 4.74 Å². The number of ether oxygens (including phenoxy) is 1. The highest BCUT2D eigenvalue weighted by atomic mass is 32.1. The van der Waals surface area contributed by atoms with Crippen LogP contribution >= 0.6 is 11.3 Å². The van der Waals surface area contributed by atoms with Crippen molar-refractivity contribution in [3.05, 3.63) is 45.4 Å². The molecule has 0 saturated carbocycles. The van der Waals surface area contributed by atoms with Crippen molar-refractivity contribution in [3.8, 4) is 11.8 Å². The summed E-state index contributed by atoms with van der Waals surface area (Å²) in [6.07, 6.45) is 1.81. The number of benzene rings is 1. The van der Waals surface area contributed by atoms with Crippen molar-refractivity contribution in [1.82, 2.24) is 4.98 Å². The Morgan fingerprint density at radius 3 is 2.60 bits per heavy atom. The molecule has 0 radical (unpaired) electrons. The number of aldehydes is 1. The monoisotopic (exact) mass is 362 g/mol. The summed E-state index contributed by atoms with van der Waals surface area (Å²) >= 11 is 1.30. The highest BCUT2D eigenvalue weighted by molar-refractivity contribution is 7.10. The Labute approximate surface area is 148 Å². The van der Waals surface area contributed by atoms with Crippen molar-refractivity contribution in [3.63, 3.8) is 0 Å². The minimum atomic E-state index is -1.06. The summed E-state index contributed by atoms with van der Waals surface area (Å²) in [4.78, 5) is 17.1. The highest BCUT2D eigenvalue weighted by Crippen LogP contribution is 2.30. The number of aromatic nitrogens is 1. The third-order valence-electron chi connectivity index (χ3n) is 3.81. The lowest BCUT2D eigenvalue weighted by Crippen LogP contribution is -2.46. The predicted molar refractivity (Wildman–Crippen MR) is 92.1 cm³/mol. The SMILES string of the molecule is CC1CN(c2c(C=O)cc(C#Cc3nccs3)c(F)c2F)CC(C)O1. The maximum atomic E-state index is 14.7. The van der Waals surface area contributed by atoms with Crippen LogP contribution in [0.1, 0.15) is 34.8 Å². The number of carbonyl (C=O) groups is 1. The molecule has 2 atom stereocenters. The summed E-state index contributed by atoms with van der Waals surface area (Å²) in [7, 11) is 0. The van der Waals surface area contributed by atoms with Gasteiger partial charge in [-0.1, -0.05) is 5.92 Å². The molecule has 2 unspecified atom stereocenters. The van der Waals surface area contributed by atoms with Crippen LogP contribution in [0.15, 0.2) is 17.6 Å². The fourth-order valence-corrected chi connectivity index (χ4v) is 3.39. The molecule has 4 nitrogen and oxygen atoms in total. The molecule has 1 aliphatic heterocycles. The maximum Gasteiger partial charge on any atom is 0.184 e. The van der Waals surface area contributed by atoms with E-state index in [1.807, 2.05) is 13.8 Å². The topological polar surface area (TPSA) is 42.4 Å². The number of thiazole rings is 1. The highest BCUT2D eigenvalue weighted by Gasteiger charge is 2.28. The van der Waals surface area contributed by atoms with E-state index in [-0.39, 0.29) is 29.0 Å². The van der Waals surface area contributed by atoms with Crippen LogP contribution in [0.5, 0.6) is 0 Å². The van der Waals surface area contributed by atoms with Crippen LogP contribution in [0, 0.1) is 23.5 Å². The van der Waals surface area contributed by atoms with Gasteiger partial charge in [0.15, 0.2) is 22.9 Å². The van der Waals surface area contributed by atoms with Crippen molar-refractivity contribution < 1.29 is 18.3 Å². The van der Waals surface area contributed by atoms with E-state index in [0.717, 1.165) is 0 Å². The molecule has 130 valence electrons. The van der Waals surface area contributed by atoms with Crippen LogP contribution in [0.3, 0.4) is 0 Å². The van der Waals surface area contributed by atoms with Crippen molar-refractivity contribution in [2.24, 2.45) is 0 Å². The maximum absolute atomic E-state index is 14.7. The number of carbonyl (C=O) groups excluding carboxylic acids is 1. The summed E-state index contributed by atoms with van der Waals surface area (Å²) in [6, 6.07) is 1.28. The summed E-state index contributed by atoms with van der Waals surface area (Å²) < 4.78 is 34.8. The minimum absolute atomic E-state index is 0.0331. The summed E-state index contributed by atoms with van der Waals surface area (Å²) in [5.74, 6) is 3.11. The first-order chi connectivity index (χ1) is 12.0. The first kappa shape index (κ1) is 17.5. The second-order valence-corrected chi connectivity index (χ2v) is 6.75. The molecule has 1 fully saturated rings. The van der Waals surface area contributed by atoms with Crippen molar-refractivity contribution in [2.45, 2.75) is 26.1 Å². The van der Waals surface area contributed by atoms with E-state index < -0.39 is 11.6 Å². The minimum Gasteiger partial charge on any atom is -0.372 e. The summed E-state index contributed by atoms with van der Waals surface area (Å²) in [6.45, 7) is 4.47. The van der Waals surface area contributed by atoms with E-state index in [2.05, 4.69) is 16.8 Å². The van der Waals surface area contributed by atoms with Gasteiger partial charge < -0.3 is 9.64 Å². The van der Waals surface area contributed by atoms with Gasteiger partial charge in [0.05, 0.1) is 23.5 Å². The molecule has 1 saturated heterocycles. The molecule has 2 aromatic rings. The molecular formula is C18H16F2N2O2S. The second kappa shape index (κ2) is 7.30. The molecule has 3 rings (SSSR count). The number of rotatable bonds is 2. The lowest BCUT2D eigenvalue weighted by Gasteiger charge is -2.37. The average Bonchev–Trinajstić information content (AvgIpc) is 3.08. The molecule has 0 aliphatic carbocycles. The van der Waals surface area contributed by atoms with Gasteiger partial charge in [-0.25, -0.2) is 13.8 Å². The third-order valence-corrected chi connectivity index (χ3v) is 4.50. The Kier molecular flexibility index (Phi) is 5.11. The van der Waals surface area contributed by atoms with E-state index in [1.54, 1.807) is 16.5 Å². The largest absolute Gasteiger partial charge is 0.372 e. The number of hydrogen-bond acceptors (Lipinski definition) is 5. The molecular weight excluding hydrogens is 346 g/mol. The molecule has 0 amide bonds. The molecule has 0 bridgehead atoms. The van der Waals surface area contributed by atoms with Gasteiger partial charge in [0, 0.05) is 30.2 Å². The Bertz CT molecular complexity index is 833. The average molecular weight is 362 g/mol. The van der Waals surface area contributed by atoms with E-state index in [1.165, 1.54) is 17.4 Å². The van der Waals surface area contributed by atoms with E-state index >= 15 is 0 Å². The van der Waals surface area contributed by atoms with E-state index in [0.29, 0.717) is 24.4 Å². The zero-order valence-corrected chi connectivity index (χ0v) is 14.6. The predicted octanol–water partition coefficient (Wildman–Crippen LogP) is 3.25. The lowest BCUT2D eigenvalue weighted by molar-refractivity contribution is -0.00547. The van der Waals surface area contributed by atoms with Crippen LogP contribution < -0.4 is 4.90 Å². The molecule has 1 aliphatic rings. The molecule has 7 heteroatoms. The molecule has 2 heterocycles. The summed E-state index contributed by atoms with van der Waals surface area (Å²) in [5, 5.41) is 2.23. The van der Waals surface area contributed by atoms with Gasteiger partial charge in [-0.3, -0.25) is 4.79 Å². The smallest absolute Gasteiger partial charge is 0.184 e. The van der Waals surface area contributed by atoms with Gasteiger partial charge >= 0.3 is 0 Å². The van der Waals surface area contributed by atoms with Gasteiger partial charge in [-0.15, -0.1) is 11.3 Å². The molecule has 25 heavy (non-hydrogen) atoms. The Hall–Kier alpha value is -2.30. The van der Waals surface area contributed by atoms with Crippen molar-refractivity contribution in [1.29, 1.82) is 0 Å². The van der Waals surface area contributed by atoms with Crippen LogP contribution in [0.2, 0.25) is 0 Å². The molecule has 0 N–H and O–H groups in total. The zero-order chi connectivity index (χ0) is 18.0. The quantitative estimate of drug-likeness (QED) is 0.608. The fraction of sp³-hybridized carbons (Fsp3) is 0.333. The van der Waals surface area contributed by atoms with Crippen LogP contribution in [0.25, 0.3) is 0 Å². The Morgan fingerprint density at radius 1 is 1.28 bits per heavy atom. The van der Waals surface area contributed by atoms with Gasteiger partial charge in [-0.05, 0) is 25.8 Å². The lowest BCUT2D eigenvalue weighted by atomic mass is 10.1. The van der Waals surface area contributed by atoms with Crippen LogP contribution in [-0.4, -0.2) is 36.6 Å². The number of nitrogens with zero attached hydrogens (tertiary/aromatic N) is 2. The number of anilines is 1. The van der Waals surface area contributed by atoms with Crippen molar-refractivity contribution in [2.75, 3.05) is 18.0 Å². The van der Waals surface area contributed by atoms with E-state index in [4.69, 9.17) is 4.74 Å².